The summed E-state index contributed by atoms with van der Waals surface area (Å²) < 4.78 is 5.89. The molecule has 0 heterocycles. The molecule has 0 unspecified atom stereocenters. The number of amides is 1. The zero-order valence-electron chi connectivity index (χ0n) is 15.5. The van der Waals surface area contributed by atoms with Crippen LogP contribution in [0.2, 0.25) is 0 Å². The molecule has 0 aliphatic rings. The second kappa shape index (κ2) is 10.8. The Morgan fingerprint density at radius 3 is 2.27 bits per heavy atom. The largest absolute Gasteiger partial charge is 0.492 e. The van der Waals surface area contributed by atoms with Gasteiger partial charge in [0.1, 0.15) is 5.75 Å². The summed E-state index contributed by atoms with van der Waals surface area (Å²) in [7, 11) is 0. The summed E-state index contributed by atoms with van der Waals surface area (Å²) in [5.41, 5.74) is 7.66. The first-order valence-electron chi connectivity index (χ1n) is 8.92. The molecule has 0 spiro atoms. The summed E-state index contributed by atoms with van der Waals surface area (Å²) in [6, 6.07) is 18.0. The molecule has 0 fully saturated rings. The normalized spacial score (nSPS) is 10.7. The maximum absolute atomic E-state index is 12.2. The molecule has 1 amide bonds. The third-order valence-corrected chi connectivity index (χ3v) is 4.71. The van der Waals surface area contributed by atoms with Gasteiger partial charge < -0.3 is 15.8 Å². The van der Waals surface area contributed by atoms with Gasteiger partial charge in [-0.25, -0.2) is 0 Å². The Balaban J connectivity index is 0.00000338. The van der Waals surface area contributed by atoms with Crippen LogP contribution >= 0.6 is 12.4 Å². The van der Waals surface area contributed by atoms with E-state index >= 15 is 0 Å². The van der Waals surface area contributed by atoms with Crippen LogP contribution in [0.25, 0.3) is 11.1 Å². The minimum absolute atomic E-state index is 0. The van der Waals surface area contributed by atoms with E-state index in [0.29, 0.717) is 19.6 Å². The van der Waals surface area contributed by atoms with Crippen molar-refractivity contribution in [1.29, 1.82) is 0 Å². The highest BCUT2D eigenvalue weighted by Gasteiger charge is 2.25. The summed E-state index contributed by atoms with van der Waals surface area (Å²) in [6.07, 6.45) is 1.96. The Morgan fingerprint density at radius 1 is 1.04 bits per heavy atom. The van der Waals surface area contributed by atoms with E-state index in [-0.39, 0.29) is 23.9 Å². The molecule has 2 aromatic rings. The summed E-state index contributed by atoms with van der Waals surface area (Å²) in [6.45, 7) is 4.87. The first kappa shape index (κ1) is 22.0. The summed E-state index contributed by atoms with van der Waals surface area (Å²) >= 11 is 0. The molecule has 2 aromatic carbocycles. The smallest absolute Gasteiger partial charge is 0.223 e. The minimum Gasteiger partial charge on any atom is -0.492 e. The zero-order valence-corrected chi connectivity index (χ0v) is 16.4. The number of rotatable bonds is 9. The monoisotopic (exact) mass is 376 g/mol. The Kier molecular flexibility index (Phi) is 9.17. The van der Waals surface area contributed by atoms with E-state index in [9.17, 15) is 4.79 Å². The lowest BCUT2D eigenvalue weighted by Gasteiger charge is -2.31. The first-order chi connectivity index (χ1) is 12.1. The van der Waals surface area contributed by atoms with Crippen molar-refractivity contribution in [3.05, 3.63) is 54.6 Å². The molecule has 0 saturated carbocycles. The fraction of sp³-hybridized carbons (Fsp3) is 0.381. The maximum Gasteiger partial charge on any atom is 0.223 e. The highest BCUT2D eigenvalue weighted by Crippen LogP contribution is 2.29. The molecule has 0 saturated heterocycles. The zero-order chi connectivity index (χ0) is 18.1. The predicted octanol–water partition coefficient (Wildman–Crippen LogP) is 4.18. The molecule has 0 aliphatic heterocycles. The molecule has 0 aliphatic carbocycles. The molecular weight excluding hydrogens is 348 g/mol. The third-order valence-electron chi connectivity index (χ3n) is 4.71. The van der Waals surface area contributed by atoms with Crippen LogP contribution in [0.1, 0.15) is 33.1 Å². The van der Waals surface area contributed by atoms with Crippen molar-refractivity contribution in [3.8, 4) is 16.9 Å². The van der Waals surface area contributed by atoms with E-state index in [2.05, 4.69) is 5.32 Å². The predicted molar refractivity (Wildman–Crippen MR) is 110 cm³/mol. The van der Waals surface area contributed by atoms with E-state index in [4.69, 9.17) is 10.5 Å². The molecule has 5 heteroatoms. The van der Waals surface area contributed by atoms with Crippen LogP contribution in [0.4, 0.5) is 0 Å². The molecule has 3 N–H and O–H groups in total. The Labute approximate surface area is 162 Å². The number of para-hydroxylation sites is 1. The van der Waals surface area contributed by atoms with Crippen molar-refractivity contribution in [2.24, 2.45) is 5.73 Å². The van der Waals surface area contributed by atoms with Crippen molar-refractivity contribution < 1.29 is 9.53 Å². The maximum atomic E-state index is 12.2. The highest BCUT2D eigenvalue weighted by molar-refractivity contribution is 5.85. The van der Waals surface area contributed by atoms with Gasteiger partial charge >= 0.3 is 0 Å². The van der Waals surface area contributed by atoms with E-state index in [0.717, 1.165) is 29.7 Å². The van der Waals surface area contributed by atoms with Crippen LogP contribution in [0.3, 0.4) is 0 Å². The quantitative estimate of drug-likeness (QED) is 0.690. The van der Waals surface area contributed by atoms with E-state index in [1.807, 2.05) is 68.4 Å². The number of nitrogens with one attached hydrogen (secondary N) is 1. The lowest BCUT2D eigenvalue weighted by atomic mass is 9.93. The van der Waals surface area contributed by atoms with Crippen molar-refractivity contribution in [1.82, 2.24) is 5.32 Å². The van der Waals surface area contributed by atoms with Gasteiger partial charge in [-0.1, -0.05) is 62.4 Å². The van der Waals surface area contributed by atoms with Gasteiger partial charge in [-0.05, 0) is 24.5 Å². The fourth-order valence-corrected chi connectivity index (χ4v) is 2.83. The lowest BCUT2D eigenvalue weighted by Crippen LogP contribution is -2.53. The Morgan fingerprint density at radius 2 is 1.65 bits per heavy atom. The van der Waals surface area contributed by atoms with Gasteiger partial charge in [-0.15, -0.1) is 12.4 Å². The van der Waals surface area contributed by atoms with Gasteiger partial charge in [0.05, 0.1) is 18.6 Å². The van der Waals surface area contributed by atoms with Gasteiger partial charge in [0.15, 0.2) is 0 Å². The first-order valence-corrected chi connectivity index (χ1v) is 8.92. The van der Waals surface area contributed by atoms with Crippen LogP contribution < -0.4 is 15.8 Å². The number of halogens is 1. The fourth-order valence-electron chi connectivity index (χ4n) is 2.83. The van der Waals surface area contributed by atoms with Crippen LogP contribution in [0.5, 0.6) is 5.75 Å². The van der Waals surface area contributed by atoms with Gasteiger partial charge in [0.2, 0.25) is 5.91 Å². The topological polar surface area (TPSA) is 64.3 Å². The van der Waals surface area contributed by atoms with Gasteiger partial charge in [0.25, 0.3) is 0 Å². The molecule has 0 bridgehead atoms. The molecular formula is C21H29ClN2O2. The number of nitrogens with two attached hydrogens (primary N) is 1. The molecule has 0 radical (unpaired) electrons. The third kappa shape index (κ3) is 5.75. The summed E-state index contributed by atoms with van der Waals surface area (Å²) in [4.78, 5) is 12.2. The number of ether oxygens (including phenoxy) is 1. The van der Waals surface area contributed by atoms with Crippen molar-refractivity contribution >= 4 is 18.3 Å². The number of benzene rings is 2. The number of hydrogen-bond donors (Lipinski definition) is 2. The molecule has 2 rings (SSSR count). The van der Waals surface area contributed by atoms with Crippen LogP contribution in [0, 0.1) is 0 Å². The summed E-state index contributed by atoms with van der Waals surface area (Å²) in [5.74, 6) is 0.768. The molecule has 0 atom stereocenters. The standard InChI is InChI=1S/C21H28N2O2.ClH/c1-3-21(4-2,16-22)23-20(24)14-15-25-19-13-9-8-12-18(19)17-10-6-5-7-11-17;/h5-13H,3-4,14-16,22H2,1-2H3,(H,23,24);1H. The Hall–Kier alpha value is -2.04. The van der Waals surface area contributed by atoms with Crippen molar-refractivity contribution in [2.45, 2.75) is 38.6 Å². The second-order valence-corrected chi connectivity index (χ2v) is 6.20. The van der Waals surface area contributed by atoms with Crippen molar-refractivity contribution in [3.63, 3.8) is 0 Å². The highest BCUT2D eigenvalue weighted by atomic mass is 35.5. The van der Waals surface area contributed by atoms with Crippen molar-refractivity contribution in [2.75, 3.05) is 13.2 Å². The number of carbonyl (C=O) groups is 1. The average molecular weight is 377 g/mol. The van der Waals surface area contributed by atoms with E-state index in [1.54, 1.807) is 0 Å². The minimum atomic E-state index is -0.307. The van der Waals surface area contributed by atoms with Crippen LogP contribution in [-0.2, 0) is 4.79 Å². The van der Waals surface area contributed by atoms with Gasteiger partial charge in [-0.3, -0.25) is 4.79 Å². The van der Waals surface area contributed by atoms with E-state index in [1.165, 1.54) is 0 Å². The SMILES string of the molecule is CCC(CC)(CN)NC(=O)CCOc1ccccc1-c1ccccc1.Cl. The molecule has 0 aromatic heterocycles. The molecule has 142 valence electrons. The summed E-state index contributed by atoms with van der Waals surface area (Å²) in [5, 5.41) is 3.07. The molecule has 4 nitrogen and oxygen atoms in total. The number of hydrogen-bond acceptors (Lipinski definition) is 3. The number of carbonyl (C=O) groups excluding carboxylic acids is 1. The second-order valence-electron chi connectivity index (χ2n) is 6.20. The van der Waals surface area contributed by atoms with Gasteiger partial charge in [0, 0.05) is 12.1 Å². The van der Waals surface area contributed by atoms with Crippen LogP contribution in [0.15, 0.2) is 54.6 Å². The lowest BCUT2D eigenvalue weighted by molar-refractivity contribution is -0.123. The molecule has 26 heavy (non-hydrogen) atoms. The van der Waals surface area contributed by atoms with Gasteiger partial charge in [-0.2, -0.15) is 0 Å². The average Bonchev–Trinajstić information content (AvgIpc) is 2.67. The van der Waals surface area contributed by atoms with Crippen LogP contribution in [-0.4, -0.2) is 24.6 Å². The van der Waals surface area contributed by atoms with E-state index < -0.39 is 0 Å². The Bertz CT molecular complexity index is 664.